The number of piperidine rings is 1. The summed E-state index contributed by atoms with van der Waals surface area (Å²) in [5.41, 5.74) is 2.10. The van der Waals surface area contributed by atoms with Gasteiger partial charge in [-0.05, 0) is 54.2 Å². The first-order valence-electron chi connectivity index (χ1n) is 9.15. The van der Waals surface area contributed by atoms with Crippen molar-refractivity contribution in [3.63, 3.8) is 0 Å². The van der Waals surface area contributed by atoms with Gasteiger partial charge in [0.2, 0.25) is 5.91 Å². The Morgan fingerprint density at radius 3 is 2.26 bits per heavy atom. The molecule has 1 amide bonds. The van der Waals surface area contributed by atoms with Crippen molar-refractivity contribution in [3.05, 3.63) is 47.5 Å². The average Bonchev–Trinajstić information content (AvgIpc) is 2.96. The van der Waals surface area contributed by atoms with Crippen LogP contribution in [0.25, 0.3) is 0 Å². The monoisotopic (exact) mass is 372 g/mol. The van der Waals surface area contributed by atoms with Gasteiger partial charge >= 0.3 is 0 Å². The Bertz CT molecular complexity index is 899. The summed E-state index contributed by atoms with van der Waals surface area (Å²) >= 11 is 0. The number of amides is 1. The lowest BCUT2D eigenvalue weighted by molar-refractivity contribution is -0.116. The van der Waals surface area contributed by atoms with Crippen LogP contribution in [0.4, 0.5) is 25.8 Å². The number of anilines is 3. The van der Waals surface area contributed by atoms with Crippen LogP contribution in [0.15, 0.2) is 30.3 Å². The number of aromatic hydroxyl groups is 1. The van der Waals surface area contributed by atoms with Crippen molar-refractivity contribution in [2.24, 2.45) is 5.41 Å². The van der Waals surface area contributed by atoms with Crippen LogP contribution in [0.3, 0.4) is 0 Å². The molecular formula is C21H22F2N2O2. The molecule has 0 aliphatic carbocycles. The van der Waals surface area contributed by atoms with E-state index in [1.54, 1.807) is 12.1 Å². The van der Waals surface area contributed by atoms with Gasteiger partial charge in [0.15, 0.2) is 17.4 Å². The van der Waals surface area contributed by atoms with Crippen molar-refractivity contribution in [1.29, 1.82) is 0 Å². The Morgan fingerprint density at radius 2 is 1.63 bits per heavy atom. The molecule has 0 radical (unpaired) electrons. The predicted molar refractivity (Wildman–Crippen MR) is 101 cm³/mol. The van der Waals surface area contributed by atoms with E-state index in [0.29, 0.717) is 11.1 Å². The summed E-state index contributed by atoms with van der Waals surface area (Å²) in [5, 5.41) is 9.58. The zero-order valence-corrected chi connectivity index (χ0v) is 15.4. The van der Waals surface area contributed by atoms with Gasteiger partial charge in [0, 0.05) is 24.5 Å². The van der Waals surface area contributed by atoms with E-state index in [4.69, 9.17) is 0 Å². The van der Waals surface area contributed by atoms with Gasteiger partial charge in [0.05, 0.1) is 12.1 Å². The minimum Gasteiger partial charge on any atom is -0.503 e. The number of phenolic OH excluding ortho intramolecular Hbond substituents is 1. The maximum Gasteiger partial charge on any atom is 0.236 e. The molecule has 0 bridgehead atoms. The van der Waals surface area contributed by atoms with Crippen molar-refractivity contribution in [2.45, 2.75) is 33.1 Å². The second-order valence-corrected chi connectivity index (χ2v) is 8.10. The Balaban J connectivity index is 1.63. The molecule has 2 aliphatic heterocycles. The molecule has 0 aromatic heterocycles. The van der Waals surface area contributed by atoms with Gasteiger partial charge in [0.25, 0.3) is 0 Å². The molecule has 2 aromatic carbocycles. The number of carbonyl (C=O) groups excluding carboxylic acids is 1. The van der Waals surface area contributed by atoms with Gasteiger partial charge in [-0.2, -0.15) is 0 Å². The highest BCUT2D eigenvalue weighted by Crippen LogP contribution is 2.42. The Hall–Kier alpha value is -2.63. The van der Waals surface area contributed by atoms with Crippen molar-refractivity contribution in [3.8, 4) is 5.75 Å². The molecule has 6 heteroatoms. The number of rotatable bonds is 2. The highest BCUT2D eigenvalue weighted by Gasteiger charge is 2.34. The van der Waals surface area contributed by atoms with Crippen molar-refractivity contribution >= 4 is 23.0 Å². The lowest BCUT2D eigenvalue weighted by Crippen LogP contribution is -2.37. The van der Waals surface area contributed by atoms with Crippen LogP contribution < -0.4 is 9.80 Å². The van der Waals surface area contributed by atoms with Gasteiger partial charge in [-0.3, -0.25) is 9.69 Å². The Labute approximate surface area is 157 Å². The molecule has 4 rings (SSSR count). The summed E-state index contributed by atoms with van der Waals surface area (Å²) in [5.74, 6) is -3.55. The summed E-state index contributed by atoms with van der Waals surface area (Å²) < 4.78 is 28.0. The van der Waals surface area contributed by atoms with Crippen LogP contribution in [-0.2, 0) is 11.2 Å². The number of benzene rings is 2. The molecule has 1 saturated heterocycles. The maximum absolute atomic E-state index is 14.4. The molecule has 27 heavy (non-hydrogen) atoms. The highest BCUT2D eigenvalue weighted by atomic mass is 19.1. The lowest BCUT2D eigenvalue weighted by Gasteiger charge is -2.38. The molecule has 0 spiro atoms. The molecule has 4 nitrogen and oxygen atoms in total. The van der Waals surface area contributed by atoms with E-state index in [-0.39, 0.29) is 23.6 Å². The second kappa shape index (κ2) is 6.22. The quantitative estimate of drug-likeness (QED) is 0.843. The number of halogens is 2. The molecule has 0 unspecified atom stereocenters. The van der Waals surface area contributed by atoms with E-state index < -0.39 is 17.4 Å². The number of carbonyl (C=O) groups is 1. The van der Waals surface area contributed by atoms with E-state index >= 15 is 0 Å². The van der Waals surface area contributed by atoms with Gasteiger partial charge in [-0.25, -0.2) is 8.78 Å². The largest absolute Gasteiger partial charge is 0.503 e. The van der Waals surface area contributed by atoms with Crippen LogP contribution in [0.1, 0.15) is 32.3 Å². The fourth-order valence-corrected chi connectivity index (χ4v) is 3.85. The molecule has 2 aromatic rings. The Morgan fingerprint density at radius 1 is 1.04 bits per heavy atom. The minimum absolute atomic E-state index is 0.0635. The van der Waals surface area contributed by atoms with Crippen LogP contribution in [0.2, 0.25) is 0 Å². The van der Waals surface area contributed by atoms with Crippen molar-refractivity contribution in [2.75, 3.05) is 22.9 Å². The minimum atomic E-state index is -1.10. The molecule has 1 fully saturated rings. The molecule has 2 aliphatic rings. The lowest BCUT2D eigenvalue weighted by atomic mass is 9.82. The zero-order chi connectivity index (χ0) is 19.3. The molecule has 0 saturated carbocycles. The van der Waals surface area contributed by atoms with Crippen molar-refractivity contribution in [1.82, 2.24) is 0 Å². The molecule has 1 N–H and O–H groups in total. The van der Waals surface area contributed by atoms with E-state index in [1.165, 1.54) is 4.90 Å². The van der Waals surface area contributed by atoms with Crippen LogP contribution in [-0.4, -0.2) is 24.1 Å². The number of nitrogens with zero attached hydrogens (tertiary/aromatic N) is 2. The summed E-state index contributed by atoms with van der Waals surface area (Å²) in [6.45, 7) is 6.49. The normalized spacial score (nSPS) is 18.7. The van der Waals surface area contributed by atoms with Gasteiger partial charge in [-0.1, -0.05) is 13.8 Å². The molecule has 142 valence electrons. The SMILES string of the molecule is CC1(C)CCN(c2ccc(N3C(=O)Cc4cc(F)c(O)c(F)c43)cc2)CC1. The zero-order valence-electron chi connectivity index (χ0n) is 15.4. The molecular weight excluding hydrogens is 350 g/mol. The maximum atomic E-state index is 14.4. The predicted octanol–water partition coefficient (Wildman–Crippen LogP) is 4.52. The molecule has 2 heterocycles. The standard InChI is InChI=1S/C21H22F2N2O2/c1-21(2)7-9-24(10-8-21)14-3-5-15(6-4-14)25-17(26)12-13-11-16(22)20(27)18(23)19(13)25/h3-6,11,27H,7-10,12H2,1-2H3. The number of hydrogen-bond acceptors (Lipinski definition) is 3. The van der Waals surface area contributed by atoms with E-state index in [2.05, 4.69) is 18.7 Å². The smallest absolute Gasteiger partial charge is 0.236 e. The third-order valence-electron chi connectivity index (χ3n) is 5.65. The fraction of sp³-hybridized carbons (Fsp3) is 0.381. The fourth-order valence-electron chi connectivity index (χ4n) is 3.85. The first-order valence-corrected chi connectivity index (χ1v) is 9.15. The van der Waals surface area contributed by atoms with Gasteiger partial charge in [0.1, 0.15) is 0 Å². The average molecular weight is 372 g/mol. The molecule has 0 atom stereocenters. The first-order chi connectivity index (χ1) is 12.8. The van der Waals surface area contributed by atoms with Crippen LogP contribution in [0.5, 0.6) is 5.75 Å². The van der Waals surface area contributed by atoms with E-state index in [9.17, 15) is 18.7 Å². The first kappa shape index (κ1) is 17.8. The number of fused-ring (bicyclic) bond motifs is 1. The van der Waals surface area contributed by atoms with E-state index in [1.807, 2.05) is 12.1 Å². The van der Waals surface area contributed by atoms with Gasteiger partial charge in [-0.15, -0.1) is 0 Å². The summed E-state index contributed by atoms with van der Waals surface area (Å²) in [6, 6.07) is 8.39. The van der Waals surface area contributed by atoms with E-state index in [0.717, 1.165) is 37.7 Å². The summed E-state index contributed by atoms with van der Waals surface area (Å²) in [4.78, 5) is 15.9. The topological polar surface area (TPSA) is 43.8 Å². The van der Waals surface area contributed by atoms with Crippen LogP contribution in [0, 0.1) is 17.0 Å². The Kier molecular flexibility index (Phi) is 4.09. The summed E-state index contributed by atoms with van der Waals surface area (Å²) in [6.07, 6.45) is 2.14. The number of hydrogen-bond donors (Lipinski definition) is 1. The third kappa shape index (κ3) is 3.03. The van der Waals surface area contributed by atoms with Gasteiger partial charge < -0.3 is 10.0 Å². The number of phenols is 1. The van der Waals surface area contributed by atoms with Crippen molar-refractivity contribution < 1.29 is 18.7 Å². The van der Waals surface area contributed by atoms with Crippen LogP contribution >= 0.6 is 0 Å². The third-order valence-corrected chi connectivity index (χ3v) is 5.65. The summed E-state index contributed by atoms with van der Waals surface area (Å²) in [7, 11) is 0. The highest BCUT2D eigenvalue weighted by molar-refractivity contribution is 6.07. The second-order valence-electron chi connectivity index (χ2n) is 8.10.